The summed E-state index contributed by atoms with van der Waals surface area (Å²) < 4.78 is 0. The summed E-state index contributed by atoms with van der Waals surface area (Å²) in [6.45, 7) is 5.95. The first kappa shape index (κ1) is 19.2. The van der Waals surface area contributed by atoms with E-state index in [4.69, 9.17) is 17.3 Å². The van der Waals surface area contributed by atoms with Gasteiger partial charge in [-0.1, -0.05) is 6.08 Å². The Morgan fingerprint density at radius 2 is 1.81 bits per heavy atom. The standard InChI is InChI=1S/C20H36ClN5/c1-2-12-5-6-13(10-15(12)21)18-14(4-3-9-23-18)16-7-8-17-19(26-16)20(22)25-11-24-17/h2,12-20,23-26H,1,3-11,22H2. The molecule has 1 saturated carbocycles. The van der Waals surface area contributed by atoms with Crippen LogP contribution in [-0.4, -0.2) is 48.9 Å². The highest BCUT2D eigenvalue weighted by Gasteiger charge is 2.44. The van der Waals surface area contributed by atoms with E-state index >= 15 is 0 Å². The van der Waals surface area contributed by atoms with E-state index in [0.29, 0.717) is 41.9 Å². The van der Waals surface area contributed by atoms with Crippen molar-refractivity contribution in [3.63, 3.8) is 0 Å². The van der Waals surface area contributed by atoms with Crippen LogP contribution < -0.4 is 27.0 Å². The molecule has 26 heavy (non-hydrogen) atoms. The van der Waals surface area contributed by atoms with Crippen LogP contribution in [0.15, 0.2) is 12.7 Å². The molecule has 0 aromatic rings. The second-order valence-corrected chi connectivity index (χ2v) is 9.43. The quantitative estimate of drug-likeness (QED) is 0.378. The monoisotopic (exact) mass is 381 g/mol. The number of hydrogen-bond acceptors (Lipinski definition) is 5. The fourth-order valence-corrected chi connectivity index (χ4v) is 6.46. The molecule has 0 amide bonds. The molecule has 9 unspecified atom stereocenters. The predicted octanol–water partition coefficient (Wildman–Crippen LogP) is 1.49. The lowest BCUT2D eigenvalue weighted by molar-refractivity contribution is 0.0860. The first-order chi connectivity index (χ1) is 12.7. The van der Waals surface area contributed by atoms with Crippen LogP contribution in [0, 0.1) is 17.8 Å². The molecule has 5 nitrogen and oxygen atoms in total. The summed E-state index contributed by atoms with van der Waals surface area (Å²) in [5.41, 5.74) is 6.35. The molecule has 6 N–H and O–H groups in total. The third kappa shape index (κ3) is 3.85. The van der Waals surface area contributed by atoms with Crippen molar-refractivity contribution in [2.24, 2.45) is 23.5 Å². The Morgan fingerprint density at radius 3 is 2.62 bits per heavy atom. The molecule has 6 heteroatoms. The maximum absolute atomic E-state index is 6.69. The lowest BCUT2D eigenvalue weighted by Gasteiger charge is -2.50. The number of nitrogens with one attached hydrogen (secondary N) is 4. The minimum absolute atomic E-state index is 0.0503. The van der Waals surface area contributed by atoms with Crippen LogP contribution in [0.1, 0.15) is 44.9 Å². The zero-order chi connectivity index (χ0) is 18.1. The van der Waals surface area contributed by atoms with Crippen molar-refractivity contribution in [3.05, 3.63) is 12.7 Å². The Labute approximate surface area is 163 Å². The lowest BCUT2D eigenvalue weighted by atomic mass is 9.69. The number of allylic oxidation sites excluding steroid dienone is 1. The molecule has 0 radical (unpaired) electrons. The summed E-state index contributed by atoms with van der Waals surface area (Å²) in [6.07, 6.45) is 10.8. The van der Waals surface area contributed by atoms with E-state index in [1.54, 1.807) is 0 Å². The fraction of sp³-hybridized carbons (Fsp3) is 0.900. The molecule has 0 bridgehead atoms. The van der Waals surface area contributed by atoms with Crippen molar-refractivity contribution in [3.8, 4) is 0 Å². The zero-order valence-corrected chi connectivity index (χ0v) is 16.6. The Bertz CT molecular complexity index is 489. The van der Waals surface area contributed by atoms with Gasteiger partial charge in [0.1, 0.15) is 0 Å². The molecular weight excluding hydrogens is 346 g/mol. The molecule has 4 fully saturated rings. The van der Waals surface area contributed by atoms with E-state index in [1.165, 1.54) is 38.5 Å². The van der Waals surface area contributed by atoms with Crippen molar-refractivity contribution in [1.82, 2.24) is 21.3 Å². The second kappa shape index (κ2) is 8.46. The summed E-state index contributed by atoms with van der Waals surface area (Å²) >= 11 is 6.69. The van der Waals surface area contributed by atoms with Gasteiger partial charge in [0, 0.05) is 30.2 Å². The van der Waals surface area contributed by atoms with Gasteiger partial charge in [-0.15, -0.1) is 18.2 Å². The molecule has 4 rings (SSSR count). The zero-order valence-electron chi connectivity index (χ0n) is 15.8. The van der Waals surface area contributed by atoms with Gasteiger partial charge in [0.05, 0.1) is 12.2 Å². The van der Waals surface area contributed by atoms with Gasteiger partial charge in [0.15, 0.2) is 0 Å². The number of fused-ring (bicyclic) bond motifs is 1. The highest BCUT2D eigenvalue weighted by Crippen LogP contribution is 2.40. The number of halogens is 1. The molecule has 0 spiro atoms. The van der Waals surface area contributed by atoms with Gasteiger partial charge in [0.25, 0.3) is 0 Å². The van der Waals surface area contributed by atoms with Crippen LogP contribution >= 0.6 is 11.6 Å². The number of hydrogen-bond donors (Lipinski definition) is 5. The van der Waals surface area contributed by atoms with Crippen LogP contribution in [0.4, 0.5) is 0 Å². The first-order valence-corrected chi connectivity index (χ1v) is 11.1. The second-order valence-electron chi connectivity index (χ2n) is 8.87. The number of alkyl halides is 1. The SMILES string of the molecule is C=CC1CCC(C2NCCCC2C2CCC3NCNC(N)C3N2)CC1Cl. The van der Waals surface area contributed by atoms with Crippen molar-refractivity contribution < 1.29 is 0 Å². The minimum Gasteiger partial charge on any atom is -0.315 e. The van der Waals surface area contributed by atoms with Crippen LogP contribution in [-0.2, 0) is 0 Å². The minimum atomic E-state index is 0.0503. The lowest BCUT2D eigenvalue weighted by Crippen LogP contribution is -2.73. The maximum Gasteiger partial charge on any atom is 0.0730 e. The summed E-state index contributed by atoms with van der Waals surface area (Å²) in [4.78, 5) is 0. The largest absolute Gasteiger partial charge is 0.315 e. The van der Waals surface area contributed by atoms with Crippen molar-refractivity contribution in [2.45, 2.75) is 80.7 Å². The summed E-state index contributed by atoms with van der Waals surface area (Å²) in [7, 11) is 0. The van der Waals surface area contributed by atoms with E-state index in [-0.39, 0.29) is 11.5 Å². The molecule has 3 heterocycles. The Morgan fingerprint density at radius 1 is 0.962 bits per heavy atom. The molecular formula is C20H36ClN5. The third-order valence-corrected chi connectivity index (χ3v) is 7.97. The summed E-state index contributed by atoms with van der Waals surface area (Å²) in [5.74, 6) is 1.86. The molecule has 1 aliphatic carbocycles. The normalized spacial score (nSPS) is 50.0. The van der Waals surface area contributed by atoms with Crippen molar-refractivity contribution in [2.75, 3.05) is 13.2 Å². The highest BCUT2D eigenvalue weighted by atomic mass is 35.5. The first-order valence-electron chi connectivity index (χ1n) is 10.7. The Kier molecular flexibility index (Phi) is 6.23. The molecule has 0 aromatic carbocycles. The molecule has 148 valence electrons. The van der Waals surface area contributed by atoms with Crippen molar-refractivity contribution in [1.29, 1.82) is 0 Å². The fourth-order valence-electron chi connectivity index (χ4n) is 6.01. The van der Waals surface area contributed by atoms with E-state index in [2.05, 4.69) is 33.9 Å². The number of piperidine rings is 2. The van der Waals surface area contributed by atoms with Gasteiger partial charge in [-0.25, -0.2) is 0 Å². The van der Waals surface area contributed by atoms with Crippen LogP contribution in [0.3, 0.4) is 0 Å². The van der Waals surface area contributed by atoms with Gasteiger partial charge < -0.3 is 16.4 Å². The van der Waals surface area contributed by atoms with Gasteiger partial charge in [-0.05, 0) is 69.2 Å². The van der Waals surface area contributed by atoms with Crippen LogP contribution in [0.25, 0.3) is 0 Å². The average molecular weight is 382 g/mol. The van der Waals surface area contributed by atoms with Gasteiger partial charge in [0.2, 0.25) is 0 Å². The Hall–Kier alpha value is -0.170. The maximum atomic E-state index is 6.69. The molecule has 3 aliphatic heterocycles. The average Bonchev–Trinajstić information content (AvgIpc) is 2.68. The highest BCUT2D eigenvalue weighted by molar-refractivity contribution is 6.21. The van der Waals surface area contributed by atoms with Gasteiger partial charge >= 0.3 is 0 Å². The molecule has 4 aliphatic rings. The van der Waals surface area contributed by atoms with Crippen molar-refractivity contribution >= 4 is 11.6 Å². The van der Waals surface area contributed by atoms with E-state index in [1.807, 2.05) is 0 Å². The van der Waals surface area contributed by atoms with Gasteiger partial charge in [-0.2, -0.15) is 0 Å². The van der Waals surface area contributed by atoms with E-state index in [9.17, 15) is 0 Å². The smallest absolute Gasteiger partial charge is 0.0730 e. The summed E-state index contributed by atoms with van der Waals surface area (Å²) in [6, 6.07) is 1.99. The molecule has 0 aromatic heterocycles. The summed E-state index contributed by atoms with van der Waals surface area (Å²) in [5, 5.41) is 15.0. The molecule has 9 atom stereocenters. The number of rotatable bonds is 3. The van der Waals surface area contributed by atoms with Crippen LogP contribution in [0.5, 0.6) is 0 Å². The topological polar surface area (TPSA) is 74.1 Å². The number of nitrogens with two attached hydrogens (primary N) is 1. The predicted molar refractivity (Wildman–Crippen MR) is 108 cm³/mol. The van der Waals surface area contributed by atoms with E-state index < -0.39 is 0 Å². The molecule has 3 saturated heterocycles. The van der Waals surface area contributed by atoms with Gasteiger partial charge in [-0.3, -0.25) is 10.6 Å². The third-order valence-electron chi connectivity index (χ3n) is 7.46. The van der Waals surface area contributed by atoms with Crippen LogP contribution in [0.2, 0.25) is 0 Å². The van der Waals surface area contributed by atoms with E-state index in [0.717, 1.165) is 19.6 Å². The Balaban J connectivity index is 1.43.